The van der Waals surface area contributed by atoms with Gasteiger partial charge in [-0.05, 0) is 5.56 Å². The Morgan fingerprint density at radius 2 is 1.42 bits per heavy atom. The highest BCUT2D eigenvalue weighted by atomic mass is 16.5. The molecule has 0 N–H and O–H groups in total. The molecular formula is C16H14O3. The molecule has 0 bridgehead atoms. The van der Waals surface area contributed by atoms with Crippen LogP contribution in [-0.4, -0.2) is 18.9 Å². The van der Waals surface area contributed by atoms with E-state index in [-0.39, 0.29) is 5.78 Å². The zero-order chi connectivity index (χ0) is 13.7. The largest absolute Gasteiger partial charge is 0.468 e. The van der Waals surface area contributed by atoms with Gasteiger partial charge in [0.1, 0.15) is 5.92 Å². The molecule has 0 fully saturated rings. The molecule has 0 radical (unpaired) electrons. The van der Waals surface area contributed by atoms with Crippen LogP contribution in [0.25, 0.3) is 0 Å². The number of hydrogen-bond donors (Lipinski definition) is 0. The molecule has 0 unspecified atom stereocenters. The summed E-state index contributed by atoms with van der Waals surface area (Å²) in [5, 5.41) is 0. The van der Waals surface area contributed by atoms with E-state index in [0.717, 1.165) is 0 Å². The molecule has 19 heavy (non-hydrogen) atoms. The minimum absolute atomic E-state index is 0.251. The van der Waals surface area contributed by atoms with Gasteiger partial charge in [-0.15, -0.1) is 0 Å². The number of carbonyl (C=O) groups is 2. The van der Waals surface area contributed by atoms with E-state index in [4.69, 9.17) is 4.74 Å². The molecule has 3 heteroatoms. The first-order valence-electron chi connectivity index (χ1n) is 5.96. The highest BCUT2D eigenvalue weighted by Gasteiger charge is 2.29. The van der Waals surface area contributed by atoms with Gasteiger partial charge in [-0.2, -0.15) is 0 Å². The smallest absolute Gasteiger partial charge is 0.321 e. The van der Waals surface area contributed by atoms with Gasteiger partial charge in [-0.1, -0.05) is 60.7 Å². The van der Waals surface area contributed by atoms with Crippen molar-refractivity contribution in [2.24, 2.45) is 0 Å². The molecule has 96 valence electrons. The second kappa shape index (κ2) is 5.96. The number of carbonyl (C=O) groups excluding carboxylic acids is 2. The SMILES string of the molecule is COC(=O)[C@@H](C(=O)c1ccccc1)c1ccccc1. The normalized spacial score (nSPS) is 11.6. The lowest BCUT2D eigenvalue weighted by atomic mass is 9.91. The number of ether oxygens (including phenoxy) is 1. The molecular weight excluding hydrogens is 240 g/mol. The van der Waals surface area contributed by atoms with Crippen LogP contribution in [0.1, 0.15) is 21.8 Å². The molecule has 2 aromatic rings. The molecule has 0 aromatic heterocycles. The molecule has 0 heterocycles. The van der Waals surface area contributed by atoms with Crippen LogP contribution in [0, 0.1) is 0 Å². The minimum Gasteiger partial charge on any atom is -0.468 e. The summed E-state index contributed by atoms with van der Waals surface area (Å²) in [4.78, 5) is 24.3. The van der Waals surface area contributed by atoms with Gasteiger partial charge in [0.2, 0.25) is 0 Å². The van der Waals surface area contributed by atoms with Crippen LogP contribution in [0.2, 0.25) is 0 Å². The summed E-state index contributed by atoms with van der Waals surface area (Å²) in [6.45, 7) is 0. The zero-order valence-corrected chi connectivity index (χ0v) is 10.6. The number of benzene rings is 2. The third-order valence-electron chi connectivity index (χ3n) is 2.89. The zero-order valence-electron chi connectivity index (χ0n) is 10.6. The van der Waals surface area contributed by atoms with Crippen LogP contribution in [-0.2, 0) is 9.53 Å². The Balaban J connectivity index is 2.40. The molecule has 1 atom stereocenters. The number of rotatable bonds is 4. The summed E-state index contributed by atoms with van der Waals surface area (Å²) >= 11 is 0. The highest BCUT2D eigenvalue weighted by molar-refractivity contribution is 6.12. The Kier molecular flexibility index (Phi) is 4.08. The van der Waals surface area contributed by atoms with Crippen molar-refractivity contribution in [3.05, 3.63) is 71.8 Å². The van der Waals surface area contributed by atoms with Gasteiger partial charge in [0.25, 0.3) is 0 Å². The second-order valence-electron chi connectivity index (χ2n) is 4.10. The number of ketones is 1. The Hall–Kier alpha value is -2.42. The number of hydrogen-bond acceptors (Lipinski definition) is 3. The van der Waals surface area contributed by atoms with Crippen molar-refractivity contribution in [2.45, 2.75) is 5.92 Å². The Morgan fingerprint density at radius 1 is 0.895 bits per heavy atom. The van der Waals surface area contributed by atoms with E-state index in [1.54, 1.807) is 48.5 Å². The molecule has 2 aromatic carbocycles. The molecule has 0 saturated carbocycles. The second-order valence-corrected chi connectivity index (χ2v) is 4.10. The van der Waals surface area contributed by atoms with Gasteiger partial charge < -0.3 is 4.74 Å². The van der Waals surface area contributed by atoms with E-state index in [9.17, 15) is 9.59 Å². The van der Waals surface area contributed by atoms with Crippen LogP contribution in [0.5, 0.6) is 0 Å². The average molecular weight is 254 g/mol. The van der Waals surface area contributed by atoms with Gasteiger partial charge in [0.15, 0.2) is 5.78 Å². The molecule has 0 aliphatic heterocycles. The predicted molar refractivity (Wildman–Crippen MR) is 72.0 cm³/mol. The van der Waals surface area contributed by atoms with E-state index in [1.807, 2.05) is 12.1 Å². The summed E-state index contributed by atoms with van der Waals surface area (Å²) in [5.74, 6) is -1.70. The van der Waals surface area contributed by atoms with Crippen molar-refractivity contribution in [2.75, 3.05) is 7.11 Å². The lowest BCUT2D eigenvalue weighted by Crippen LogP contribution is -2.23. The average Bonchev–Trinajstić information content (AvgIpc) is 2.49. The maximum Gasteiger partial charge on any atom is 0.321 e. The first kappa shape index (κ1) is 13.0. The number of methoxy groups -OCH3 is 1. The van der Waals surface area contributed by atoms with E-state index in [1.165, 1.54) is 7.11 Å². The molecule has 2 rings (SSSR count). The molecule has 0 spiro atoms. The van der Waals surface area contributed by atoms with Gasteiger partial charge in [-0.3, -0.25) is 9.59 Å². The van der Waals surface area contributed by atoms with E-state index < -0.39 is 11.9 Å². The number of esters is 1. The first-order chi connectivity index (χ1) is 9.24. The first-order valence-corrected chi connectivity index (χ1v) is 5.96. The molecule has 0 amide bonds. The summed E-state index contributed by atoms with van der Waals surface area (Å²) in [5.41, 5.74) is 1.14. The lowest BCUT2D eigenvalue weighted by molar-refractivity contribution is -0.141. The van der Waals surface area contributed by atoms with E-state index >= 15 is 0 Å². The minimum atomic E-state index is -0.909. The highest BCUT2D eigenvalue weighted by Crippen LogP contribution is 2.22. The van der Waals surface area contributed by atoms with E-state index in [0.29, 0.717) is 11.1 Å². The van der Waals surface area contributed by atoms with Crippen LogP contribution < -0.4 is 0 Å². The fourth-order valence-corrected chi connectivity index (χ4v) is 1.93. The third-order valence-corrected chi connectivity index (χ3v) is 2.89. The summed E-state index contributed by atoms with van der Waals surface area (Å²) in [7, 11) is 1.29. The van der Waals surface area contributed by atoms with Gasteiger partial charge in [0, 0.05) is 5.56 Å². The van der Waals surface area contributed by atoms with Crippen molar-refractivity contribution >= 4 is 11.8 Å². The van der Waals surface area contributed by atoms with Crippen molar-refractivity contribution in [3.63, 3.8) is 0 Å². The number of Topliss-reactive ketones (excluding diaryl/α,β-unsaturated/α-hetero) is 1. The molecule has 0 aliphatic carbocycles. The molecule has 0 aliphatic rings. The van der Waals surface area contributed by atoms with Crippen molar-refractivity contribution in [1.29, 1.82) is 0 Å². The Bertz CT molecular complexity index is 561. The van der Waals surface area contributed by atoms with Crippen molar-refractivity contribution in [3.8, 4) is 0 Å². The quantitative estimate of drug-likeness (QED) is 0.478. The Labute approximate surface area is 111 Å². The maximum absolute atomic E-state index is 12.4. The maximum atomic E-state index is 12.4. The summed E-state index contributed by atoms with van der Waals surface area (Å²) < 4.78 is 4.75. The van der Waals surface area contributed by atoms with Gasteiger partial charge in [0.05, 0.1) is 7.11 Å². The van der Waals surface area contributed by atoms with Crippen LogP contribution in [0.4, 0.5) is 0 Å². The Morgan fingerprint density at radius 3 is 1.95 bits per heavy atom. The van der Waals surface area contributed by atoms with Crippen LogP contribution in [0.15, 0.2) is 60.7 Å². The van der Waals surface area contributed by atoms with Crippen molar-refractivity contribution in [1.82, 2.24) is 0 Å². The predicted octanol–water partition coefficient (Wildman–Crippen LogP) is 2.83. The molecule has 3 nitrogen and oxygen atoms in total. The molecule has 0 saturated heterocycles. The monoisotopic (exact) mass is 254 g/mol. The fraction of sp³-hybridized carbons (Fsp3) is 0.125. The third kappa shape index (κ3) is 2.88. The topological polar surface area (TPSA) is 43.4 Å². The van der Waals surface area contributed by atoms with Crippen LogP contribution >= 0.6 is 0 Å². The van der Waals surface area contributed by atoms with Gasteiger partial charge in [-0.25, -0.2) is 0 Å². The summed E-state index contributed by atoms with van der Waals surface area (Å²) in [6.07, 6.45) is 0. The van der Waals surface area contributed by atoms with Gasteiger partial charge >= 0.3 is 5.97 Å². The van der Waals surface area contributed by atoms with Crippen molar-refractivity contribution < 1.29 is 14.3 Å². The lowest BCUT2D eigenvalue weighted by Gasteiger charge is -2.13. The van der Waals surface area contributed by atoms with E-state index in [2.05, 4.69) is 0 Å². The summed E-state index contributed by atoms with van der Waals surface area (Å²) in [6, 6.07) is 17.7. The van der Waals surface area contributed by atoms with Crippen LogP contribution in [0.3, 0.4) is 0 Å². The fourth-order valence-electron chi connectivity index (χ4n) is 1.93. The standard InChI is InChI=1S/C16H14O3/c1-19-16(18)14(12-8-4-2-5-9-12)15(17)13-10-6-3-7-11-13/h2-11,14H,1H3/t14-/m1/s1.